The van der Waals surface area contributed by atoms with Crippen LogP contribution in [0.25, 0.3) is 0 Å². The molecule has 0 unspecified atom stereocenters. The second-order valence-corrected chi connectivity index (χ2v) is 5.36. The van der Waals surface area contributed by atoms with Crippen molar-refractivity contribution < 1.29 is 17.2 Å². The van der Waals surface area contributed by atoms with Crippen molar-refractivity contribution in [2.45, 2.75) is 17.6 Å². The standard InChI is InChI=1S/C10H9FN2O3S/c1-7-12-13-10(16-7)6-17(14,15)9-5-3-2-4-8(9)11/h2-5H,6H2,1H3. The monoisotopic (exact) mass is 256 g/mol. The van der Waals surface area contributed by atoms with E-state index in [0.717, 1.165) is 6.07 Å². The highest BCUT2D eigenvalue weighted by molar-refractivity contribution is 7.90. The van der Waals surface area contributed by atoms with E-state index in [-0.39, 0.29) is 16.7 Å². The van der Waals surface area contributed by atoms with E-state index in [1.807, 2.05) is 0 Å². The first-order valence-corrected chi connectivity index (χ1v) is 6.40. The van der Waals surface area contributed by atoms with E-state index in [2.05, 4.69) is 10.2 Å². The van der Waals surface area contributed by atoms with Gasteiger partial charge in [-0.15, -0.1) is 10.2 Å². The van der Waals surface area contributed by atoms with Gasteiger partial charge in [-0.25, -0.2) is 12.8 Å². The molecule has 7 heteroatoms. The summed E-state index contributed by atoms with van der Waals surface area (Å²) in [5.41, 5.74) is 0. The van der Waals surface area contributed by atoms with Gasteiger partial charge in [-0.05, 0) is 12.1 Å². The van der Waals surface area contributed by atoms with Crippen molar-refractivity contribution in [1.82, 2.24) is 10.2 Å². The fourth-order valence-electron chi connectivity index (χ4n) is 1.33. The summed E-state index contributed by atoms with van der Waals surface area (Å²) >= 11 is 0. The topological polar surface area (TPSA) is 73.1 Å². The van der Waals surface area contributed by atoms with Crippen molar-refractivity contribution in [1.29, 1.82) is 0 Å². The van der Waals surface area contributed by atoms with E-state index in [1.165, 1.54) is 18.2 Å². The quantitative estimate of drug-likeness (QED) is 0.831. The Morgan fingerprint density at radius 1 is 1.29 bits per heavy atom. The number of halogens is 1. The minimum atomic E-state index is -3.80. The van der Waals surface area contributed by atoms with Gasteiger partial charge < -0.3 is 4.42 Å². The molecule has 0 aliphatic rings. The maximum absolute atomic E-state index is 13.3. The van der Waals surface area contributed by atoms with Gasteiger partial charge >= 0.3 is 0 Å². The van der Waals surface area contributed by atoms with Gasteiger partial charge in [0, 0.05) is 6.92 Å². The van der Waals surface area contributed by atoms with Gasteiger partial charge in [0.05, 0.1) is 0 Å². The highest BCUT2D eigenvalue weighted by Crippen LogP contribution is 2.18. The molecule has 0 spiro atoms. The summed E-state index contributed by atoms with van der Waals surface area (Å²) < 4.78 is 42.0. The van der Waals surface area contributed by atoms with E-state index in [1.54, 1.807) is 6.92 Å². The van der Waals surface area contributed by atoms with Crippen molar-refractivity contribution in [2.24, 2.45) is 0 Å². The number of aromatic nitrogens is 2. The highest BCUT2D eigenvalue weighted by atomic mass is 32.2. The molecular weight excluding hydrogens is 247 g/mol. The molecule has 1 aromatic heterocycles. The third kappa shape index (κ3) is 2.50. The largest absolute Gasteiger partial charge is 0.424 e. The number of hydrogen-bond acceptors (Lipinski definition) is 5. The summed E-state index contributed by atoms with van der Waals surface area (Å²) in [6.07, 6.45) is 0. The van der Waals surface area contributed by atoms with Crippen molar-refractivity contribution in [3.05, 3.63) is 41.9 Å². The van der Waals surface area contributed by atoms with Gasteiger partial charge in [-0.3, -0.25) is 0 Å². The van der Waals surface area contributed by atoms with Crippen molar-refractivity contribution in [3.63, 3.8) is 0 Å². The smallest absolute Gasteiger partial charge is 0.231 e. The van der Waals surface area contributed by atoms with Crippen LogP contribution in [0.1, 0.15) is 11.8 Å². The molecule has 0 bridgehead atoms. The minimum absolute atomic E-state index is 0.0502. The summed E-state index contributed by atoms with van der Waals surface area (Å²) in [5.74, 6) is -1.08. The Labute approximate surface area is 97.2 Å². The zero-order valence-corrected chi connectivity index (χ0v) is 9.74. The molecule has 0 atom stereocenters. The molecule has 0 N–H and O–H groups in total. The average Bonchev–Trinajstić information content (AvgIpc) is 2.63. The predicted molar refractivity (Wildman–Crippen MR) is 56.3 cm³/mol. The van der Waals surface area contributed by atoms with Gasteiger partial charge in [-0.1, -0.05) is 12.1 Å². The number of rotatable bonds is 3. The molecule has 5 nitrogen and oxygen atoms in total. The lowest BCUT2D eigenvalue weighted by Gasteiger charge is -2.02. The summed E-state index contributed by atoms with van der Waals surface area (Å²) in [4.78, 5) is -0.365. The summed E-state index contributed by atoms with van der Waals surface area (Å²) in [5, 5.41) is 7.08. The molecule has 0 aliphatic heterocycles. The van der Waals surface area contributed by atoms with Crippen LogP contribution in [-0.2, 0) is 15.6 Å². The molecule has 2 rings (SSSR count). The molecule has 0 saturated carbocycles. The summed E-state index contributed by atoms with van der Waals surface area (Å²) in [6, 6.07) is 5.17. The molecule has 0 aliphatic carbocycles. The number of benzene rings is 1. The van der Waals surface area contributed by atoms with Crippen LogP contribution in [0.3, 0.4) is 0 Å². The van der Waals surface area contributed by atoms with Crippen LogP contribution in [-0.4, -0.2) is 18.6 Å². The second kappa shape index (κ2) is 4.25. The number of aryl methyl sites for hydroxylation is 1. The molecule has 0 saturated heterocycles. The number of hydrogen-bond donors (Lipinski definition) is 0. The zero-order chi connectivity index (χ0) is 12.5. The fraction of sp³-hybridized carbons (Fsp3) is 0.200. The Hall–Kier alpha value is -1.76. The Morgan fingerprint density at radius 2 is 2.00 bits per heavy atom. The Morgan fingerprint density at radius 3 is 2.59 bits per heavy atom. The van der Waals surface area contributed by atoms with E-state index < -0.39 is 21.4 Å². The van der Waals surface area contributed by atoms with Crippen LogP contribution in [0.2, 0.25) is 0 Å². The summed E-state index contributed by atoms with van der Waals surface area (Å²) in [7, 11) is -3.80. The zero-order valence-electron chi connectivity index (χ0n) is 8.92. The van der Waals surface area contributed by atoms with Crippen molar-refractivity contribution >= 4 is 9.84 Å². The molecule has 17 heavy (non-hydrogen) atoms. The maximum Gasteiger partial charge on any atom is 0.231 e. The van der Waals surface area contributed by atoms with E-state index in [0.29, 0.717) is 0 Å². The lowest BCUT2D eigenvalue weighted by Crippen LogP contribution is -2.07. The first-order valence-electron chi connectivity index (χ1n) is 4.75. The van der Waals surface area contributed by atoms with E-state index >= 15 is 0 Å². The van der Waals surface area contributed by atoms with Gasteiger partial charge in [-0.2, -0.15) is 0 Å². The summed E-state index contributed by atoms with van der Waals surface area (Å²) in [6.45, 7) is 1.55. The Kier molecular flexibility index (Phi) is 2.93. The Balaban J connectivity index is 2.35. The first kappa shape index (κ1) is 11.7. The molecule has 2 aromatic rings. The molecule has 90 valence electrons. The normalized spacial score (nSPS) is 11.6. The molecule has 0 fully saturated rings. The minimum Gasteiger partial charge on any atom is -0.424 e. The van der Waals surface area contributed by atoms with Gasteiger partial charge in [0.1, 0.15) is 16.5 Å². The molecule has 0 radical (unpaired) electrons. The third-order valence-corrected chi connectivity index (χ3v) is 3.68. The van der Waals surface area contributed by atoms with Crippen molar-refractivity contribution in [2.75, 3.05) is 0 Å². The number of sulfone groups is 1. The third-order valence-electron chi connectivity index (χ3n) is 2.05. The van der Waals surface area contributed by atoms with E-state index in [4.69, 9.17) is 4.42 Å². The van der Waals surface area contributed by atoms with Crippen LogP contribution >= 0.6 is 0 Å². The van der Waals surface area contributed by atoms with Crippen LogP contribution in [0.5, 0.6) is 0 Å². The van der Waals surface area contributed by atoms with Gasteiger partial charge in [0.15, 0.2) is 9.84 Å². The van der Waals surface area contributed by atoms with Crippen LogP contribution in [0, 0.1) is 12.7 Å². The lowest BCUT2D eigenvalue weighted by atomic mass is 10.3. The number of nitrogens with zero attached hydrogens (tertiary/aromatic N) is 2. The van der Waals surface area contributed by atoms with Gasteiger partial charge in [0.25, 0.3) is 0 Å². The SMILES string of the molecule is Cc1nnc(CS(=O)(=O)c2ccccc2F)o1. The van der Waals surface area contributed by atoms with Crippen LogP contribution in [0.15, 0.2) is 33.6 Å². The molecular formula is C10H9FN2O3S. The van der Waals surface area contributed by atoms with Gasteiger partial charge in [0.2, 0.25) is 11.8 Å². The maximum atomic E-state index is 13.3. The van der Waals surface area contributed by atoms with Crippen molar-refractivity contribution in [3.8, 4) is 0 Å². The first-order chi connectivity index (χ1) is 7.99. The Bertz CT molecular complexity index is 637. The molecule has 1 heterocycles. The van der Waals surface area contributed by atoms with Crippen LogP contribution in [0.4, 0.5) is 4.39 Å². The highest BCUT2D eigenvalue weighted by Gasteiger charge is 2.22. The second-order valence-electron chi connectivity index (χ2n) is 3.40. The lowest BCUT2D eigenvalue weighted by molar-refractivity contribution is 0.479. The van der Waals surface area contributed by atoms with E-state index in [9.17, 15) is 12.8 Å². The fourth-order valence-corrected chi connectivity index (χ4v) is 2.58. The van der Waals surface area contributed by atoms with Crippen LogP contribution < -0.4 is 0 Å². The average molecular weight is 256 g/mol. The molecule has 1 aromatic carbocycles. The predicted octanol–water partition coefficient (Wildman–Crippen LogP) is 1.49. The molecule has 0 amide bonds.